The highest BCUT2D eigenvalue weighted by Crippen LogP contribution is 2.76. The fraction of sp³-hybridized carbons (Fsp3) is 0.955. The Hall–Kier alpha value is -2.07. The van der Waals surface area contributed by atoms with Crippen molar-refractivity contribution in [1.82, 2.24) is 0 Å². The zero-order chi connectivity index (χ0) is 73.3. The number of carbonyl (C=O) groups excluding carboxylic acids is 1. The number of fused-ring (bicyclic) bond motifs is 7. The van der Waals surface area contributed by atoms with E-state index in [0.717, 1.165) is 5.57 Å². The average Bonchev–Trinajstić information content (AvgIpc) is 0.946. The number of esters is 1. The number of aliphatic hydroxyl groups excluding tert-OH is 18. The van der Waals surface area contributed by atoms with E-state index in [1.165, 1.54) is 6.92 Å². The van der Waals surface area contributed by atoms with Crippen LogP contribution in [0.5, 0.6) is 0 Å². The highest BCUT2D eigenvalue weighted by Gasteiger charge is 2.72. The van der Waals surface area contributed by atoms with Gasteiger partial charge in [0.05, 0.1) is 76.6 Å². The Labute approximate surface area is 583 Å². The van der Waals surface area contributed by atoms with Gasteiger partial charge in [0.2, 0.25) is 6.29 Å². The van der Waals surface area contributed by atoms with Crippen molar-refractivity contribution in [3.05, 3.63) is 11.6 Å². The highest BCUT2D eigenvalue weighted by atomic mass is 16.8. The summed E-state index contributed by atoms with van der Waals surface area (Å²) in [6.07, 6.45) is -43.9. The average molecular weight is 1460 g/mol. The van der Waals surface area contributed by atoms with E-state index in [-0.39, 0.29) is 23.7 Å². The topological polar surface area (TPSA) is 531 Å². The largest absolute Gasteiger partial charge is 0.432 e. The van der Waals surface area contributed by atoms with E-state index in [0.29, 0.717) is 51.4 Å². The summed E-state index contributed by atoms with van der Waals surface area (Å²) in [7, 11) is 0. The maximum atomic E-state index is 15.7. The molecule has 0 aromatic heterocycles. The third-order valence-electron chi connectivity index (χ3n) is 26.0. The van der Waals surface area contributed by atoms with Gasteiger partial charge in [-0.05, 0) is 104 Å². The molecule has 39 atom stereocenters. The van der Waals surface area contributed by atoms with Crippen LogP contribution in [-0.4, -0.2) is 346 Å². The van der Waals surface area contributed by atoms with Crippen molar-refractivity contribution in [1.29, 1.82) is 0 Å². The Morgan fingerprint density at radius 2 is 1.03 bits per heavy atom. The van der Waals surface area contributed by atoms with Crippen LogP contribution >= 0.6 is 0 Å². The lowest BCUT2D eigenvalue weighted by atomic mass is 9.33. The highest BCUT2D eigenvalue weighted by molar-refractivity contribution is 5.79. The number of hydrogen-bond donors (Lipinski definition) is 19. The monoisotopic (exact) mass is 1460 g/mol. The normalized spacial score (nSPS) is 55.3. The molecular weight excluding hydrogens is 1350 g/mol. The molecule has 0 unspecified atom stereocenters. The fourth-order valence-corrected chi connectivity index (χ4v) is 19.7. The molecule has 11 fully saturated rings. The molecule has 12 aliphatic rings. The second-order valence-electron chi connectivity index (χ2n) is 32.6. The second kappa shape index (κ2) is 29.4. The van der Waals surface area contributed by atoms with Gasteiger partial charge in [-0.25, -0.2) is 0 Å². The summed E-state index contributed by atoms with van der Waals surface area (Å²) >= 11 is 0. The molecule has 7 saturated heterocycles. The Balaban J connectivity index is 0.771. The molecule has 19 N–H and O–H groups in total. The number of aliphatic hydroxyl groups is 19. The molecule has 580 valence electrons. The molecule has 0 radical (unpaired) electrons. The van der Waals surface area contributed by atoms with Crippen LogP contribution in [0.15, 0.2) is 11.6 Å². The van der Waals surface area contributed by atoms with Crippen LogP contribution in [0.4, 0.5) is 0 Å². The van der Waals surface area contributed by atoms with Gasteiger partial charge in [0.1, 0.15) is 122 Å². The van der Waals surface area contributed by atoms with E-state index in [9.17, 15) is 97.0 Å². The molecule has 0 aromatic carbocycles. The van der Waals surface area contributed by atoms with Gasteiger partial charge < -0.3 is 163 Å². The summed E-state index contributed by atoms with van der Waals surface area (Å²) in [6.45, 7) is 9.39. The molecule has 101 heavy (non-hydrogen) atoms. The number of carbonyl (C=O) groups is 1. The van der Waals surface area contributed by atoms with Crippen LogP contribution in [-0.2, 0) is 71.1 Å². The Bertz CT molecular complexity index is 2880. The van der Waals surface area contributed by atoms with Gasteiger partial charge in [-0.3, -0.25) is 4.79 Å². The van der Waals surface area contributed by atoms with Crippen molar-refractivity contribution >= 4 is 5.97 Å². The molecule has 34 nitrogen and oxygen atoms in total. The van der Waals surface area contributed by atoms with Crippen LogP contribution in [0, 0.1) is 50.2 Å². The van der Waals surface area contributed by atoms with E-state index >= 15 is 4.79 Å². The summed E-state index contributed by atoms with van der Waals surface area (Å²) in [4.78, 5) is 15.7. The van der Waals surface area contributed by atoms with E-state index in [4.69, 9.17) is 66.3 Å². The molecule has 0 aromatic rings. The standard InChI is InChI=1S/C67H108O34/c1-26-46(95-55-43(82)47(33(75)22-90-55)96-59-51(85)67(87,24-70)25-92-59)49(98-54-42(81)38(77)31(73)20-89-54)45(84)56(93-26)99-50-39(78)32(74)21-91-58(50)101-60(86)66-14-12-61(2,3)16-28(66)27-8-9-36-62(4)17-29(71)52(63(5,23-69)35(62)10-11-65(36,7)64(27,6)13-15-66)100-57-44(83)48(40(79)34(18-68)94-57)97-53-41(80)37(76)30(72)19-88-53/h8,26,28-59,68-85,87H,9-25H2,1-7H3/t26-,28-,29+,30-,31-,32-,33-,34-,35-,36-,37+,38+,39+,40-,41-,42-,43-,44-,45-,46-,47+,48+,49-,50-,51+,52+,53+,54+,55+,56+,57+,58+,59+,62-,63+,64-,65+,66+,67-/m0/s1. The summed E-state index contributed by atoms with van der Waals surface area (Å²) in [5.74, 6) is -1.50. The Morgan fingerprint density at radius 3 is 1.64 bits per heavy atom. The van der Waals surface area contributed by atoms with E-state index in [1.54, 1.807) is 0 Å². The van der Waals surface area contributed by atoms with E-state index < -0.39 is 282 Å². The molecule has 0 amide bonds. The SMILES string of the molecule is C[C@@H]1O[C@H](O[C@@H]2[C@@H](OC(=O)[C@@]34CCC(C)(C)C[C@H]3C3=CC[C@H]5[C@@]6(C)C[C@@H](O)[C@@H](O[C@H]7O[C@@H](CO)[C@H](O)[C@@H](O[C@H]8OC[C@H](O)[C@@H](O)[C@@H]8O)[C@@H]7O)[C@](C)(CO)[C@H]6CC[C@@]5(C)[C@@]3(C)CC4)OC[C@H](O)[C@H]2O)[C@@H](O)[C@H](O[C@H]2OC[C@H](O)[C@@H](O)[C@@H]2O)[C@H]1O[C@H]1OC[C@H](O)[C@@H](O[C@H]2OC[C@@](O)(CO)[C@@H]2O)[C@@H]1O. The minimum absolute atomic E-state index is 0.119. The molecule has 34 heteroatoms. The number of rotatable bonds is 17. The maximum absolute atomic E-state index is 15.7. The smallest absolute Gasteiger partial charge is 0.315 e. The first-order chi connectivity index (χ1) is 47.5. The van der Waals surface area contributed by atoms with Crippen molar-refractivity contribution in [2.24, 2.45) is 50.2 Å². The predicted octanol–water partition coefficient (Wildman–Crippen LogP) is -6.39. The first-order valence-corrected chi connectivity index (χ1v) is 35.5. The molecular formula is C67H108O34. The third kappa shape index (κ3) is 13.5. The summed E-state index contributed by atoms with van der Waals surface area (Å²) in [5.41, 5.74) is -5.42. The molecule has 4 saturated carbocycles. The van der Waals surface area contributed by atoms with Crippen molar-refractivity contribution in [2.45, 2.75) is 296 Å². The summed E-state index contributed by atoms with van der Waals surface area (Å²) < 4.78 is 83.5. The maximum Gasteiger partial charge on any atom is 0.315 e. The Kier molecular flexibility index (Phi) is 22.8. The first kappa shape index (κ1) is 78.5. The minimum atomic E-state index is -2.13. The van der Waals surface area contributed by atoms with Crippen molar-refractivity contribution < 1.29 is 168 Å². The molecule has 0 bridgehead atoms. The van der Waals surface area contributed by atoms with Gasteiger partial charge in [-0.2, -0.15) is 0 Å². The molecule has 7 heterocycles. The zero-order valence-electron chi connectivity index (χ0n) is 57.8. The minimum Gasteiger partial charge on any atom is -0.432 e. The molecule has 12 rings (SSSR count). The number of ether oxygens (including phenoxy) is 14. The molecule has 5 aliphatic carbocycles. The van der Waals surface area contributed by atoms with Crippen molar-refractivity contribution in [2.75, 3.05) is 52.9 Å². The molecule has 7 aliphatic heterocycles. The summed E-state index contributed by atoms with van der Waals surface area (Å²) in [6, 6.07) is 0. The van der Waals surface area contributed by atoms with Crippen molar-refractivity contribution in [3.8, 4) is 0 Å². The van der Waals surface area contributed by atoms with Gasteiger partial charge in [0.25, 0.3) is 0 Å². The van der Waals surface area contributed by atoms with E-state index in [1.807, 2.05) is 6.92 Å². The van der Waals surface area contributed by atoms with Crippen LogP contribution in [0.1, 0.15) is 106 Å². The zero-order valence-corrected chi connectivity index (χ0v) is 57.8. The first-order valence-electron chi connectivity index (χ1n) is 35.5. The predicted molar refractivity (Wildman–Crippen MR) is 332 cm³/mol. The Morgan fingerprint density at radius 1 is 0.495 bits per heavy atom. The van der Waals surface area contributed by atoms with Crippen LogP contribution in [0.25, 0.3) is 0 Å². The van der Waals surface area contributed by atoms with Crippen LogP contribution in [0.2, 0.25) is 0 Å². The number of hydrogen-bond acceptors (Lipinski definition) is 34. The van der Waals surface area contributed by atoms with Crippen LogP contribution < -0.4 is 0 Å². The lowest BCUT2D eigenvalue weighted by molar-refractivity contribution is -0.390. The summed E-state index contributed by atoms with van der Waals surface area (Å²) in [5, 5.41) is 210. The third-order valence-corrected chi connectivity index (χ3v) is 26.0. The van der Waals surface area contributed by atoms with Gasteiger partial charge in [0.15, 0.2) is 43.8 Å². The van der Waals surface area contributed by atoms with Gasteiger partial charge in [0, 0.05) is 5.41 Å². The molecule has 0 spiro atoms. The van der Waals surface area contributed by atoms with Gasteiger partial charge >= 0.3 is 5.97 Å². The van der Waals surface area contributed by atoms with Gasteiger partial charge in [-0.15, -0.1) is 0 Å². The van der Waals surface area contributed by atoms with E-state index in [2.05, 4.69) is 40.7 Å². The quantitative estimate of drug-likeness (QED) is 0.0366. The lowest BCUT2D eigenvalue weighted by Crippen LogP contribution is -2.70. The number of allylic oxidation sites excluding steroid dienone is 2. The fourth-order valence-electron chi connectivity index (χ4n) is 19.7. The van der Waals surface area contributed by atoms with Crippen molar-refractivity contribution in [3.63, 3.8) is 0 Å². The van der Waals surface area contributed by atoms with Crippen LogP contribution in [0.3, 0.4) is 0 Å². The second-order valence-corrected chi connectivity index (χ2v) is 32.6. The van der Waals surface area contributed by atoms with Gasteiger partial charge in [-0.1, -0.05) is 53.2 Å². The lowest BCUT2D eigenvalue weighted by Gasteiger charge is -2.72.